The Labute approximate surface area is 498 Å². The summed E-state index contributed by atoms with van der Waals surface area (Å²) in [5.74, 6) is -15.1. The SMILES string of the molecule is CCC(=O)c1cc(N(C)C)c2c(c1O)C(O)=C1C(=O)[C@]3(O)C(O)=C(C(N)=O)C(=O)[C@@H](N(C)C)C3CC1C2.C[CH2][In].Cc1ccc(SC(=O)c2cc(N(C)C)c3c(c2O)C(O)=C2C(=O)[C@]4(O)C(O)=C(C(N)=O)C(=O)[C@@H](N(C)C)C4CC2C3)cc1. The number of aromatic hydroxyl groups is 2. The number of likely N-dealkylation sites (N-methyl/N-ethyl adjacent to an activating group) is 2. The second-order valence-corrected chi connectivity index (χ2v) is 25.8. The summed E-state index contributed by atoms with van der Waals surface area (Å²) >= 11 is 2.31. The number of fused-ring (bicyclic) bond motifs is 6. The minimum absolute atomic E-state index is 0.00493. The first-order chi connectivity index (χ1) is 38.7. The molecular formula is C59H69InN6O16S. The minimum Gasteiger partial charge on any atom is -0.508 e. The van der Waals surface area contributed by atoms with E-state index in [1.807, 2.05) is 19.1 Å². The number of rotatable bonds is 10. The van der Waals surface area contributed by atoms with Crippen LogP contribution in [0.2, 0.25) is 4.18 Å². The van der Waals surface area contributed by atoms with Crippen LogP contribution in [0.1, 0.15) is 81.6 Å². The van der Waals surface area contributed by atoms with Crippen LogP contribution in [0.25, 0.3) is 11.5 Å². The van der Waals surface area contributed by atoms with Gasteiger partial charge in [0.25, 0.3) is 11.8 Å². The average Bonchev–Trinajstić information content (AvgIpc) is 0.956. The smallest absolute Gasteiger partial charge is 0.255 e. The van der Waals surface area contributed by atoms with E-state index in [4.69, 9.17) is 11.5 Å². The van der Waals surface area contributed by atoms with Gasteiger partial charge in [-0.3, -0.25) is 48.2 Å². The van der Waals surface area contributed by atoms with Gasteiger partial charge in [0, 0.05) is 73.9 Å². The molecule has 83 heavy (non-hydrogen) atoms. The van der Waals surface area contributed by atoms with Crippen LogP contribution in [0.5, 0.6) is 11.5 Å². The molecule has 6 aliphatic rings. The van der Waals surface area contributed by atoms with Crippen molar-refractivity contribution in [1.82, 2.24) is 9.80 Å². The fraction of sp³-hybridized carbons (Fsp3) is 0.424. The van der Waals surface area contributed by atoms with Gasteiger partial charge in [-0.1, -0.05) is 24.6 Å². The molecule has 3 aromatic rings. The predicted molar refractivity (Wildman–Crippen MR) is 309 cm³/mol. The maximum atomic E-state index is 14.1. The number of aryl methyl sites for hydroxylation is 1. The number of amides is 2. The van der Waals surface area contributed by atoms with Crippen LogP contribution < -0.4 is 21.3 Å². The number of ketones is 5. The first kappa shape index (κ1) is 63.6. The fourth-order valence-electron chi connectivity index (χ4n) is 12.7. The Kier molecular flexibility index (Phi) is 18.1. The number of hydrogen-bond acceptors (Lipinski definition) is 21. The molecule has 12 N–H and O–H groups in total. The summed E-state index contributed by atoms with van der Waals surface area (Å²) in [5.41, 5.74) is 5.74. The van der Waals surface area contributed by atoms with Crippen molar-refractivity contribution in [2.45, 2.75) is 85.2 Å². The summed E-state index contributed by atoms with van der Waals surface area (Å²) in [5, 5.41) is 90.3. The van der Waals surface area contributed by atoms with Crippen molar-refractivity contribution in [3.8, 4) is 11.5 Å². The Bertz CT molecular complexity index is 3460. The largest absolute Gasteiger partial charge is 0.508 e. The monoisotopic (exact) mass is 1260 g/mol. The quantitative estimate of drug-likeness (QED) is 0.0789. The van der Waals surface area contributed by atoms with Gasteiger partial charge in [0.05, 0.1) is 34.3 Å². The summed E-state index contributed by atoms with van der Waals surface area (Å²) in [6.07, 6.45) is 0.331. The number of Topliss-reactive ketones (excluding diaryl/α,β-unsaturated/α-hetero) is 5. The van der Waals surface area contributed by atoms with E-state index in [1.54, 1.807) is 91.3 Å². The second-order valence-electron chi connectivity index (χ2n) is 22.4. The summed E-state index contributed by atoms with van der Waals surface area (Å²) in [7, 11) is 13.1. The number of benzene rings is 3. The van der Waals surface area contributed by atoms with Crippen molar-refractivity contribution in [3.05, 3.63) is 109 Å². The zero-order chi connectivity index (χ0) is 62.1. The molecule has 0 aliphatic heterocycles. The predicted octanol–water partition coefficient (Wildman–Crippen LogP) is 3.49. The van der Waals surface area contributed by atoms with Crippen molar-refractivity contribution < 1.29 is 79.2 Å². The van der Waals surface area contributed by atoms with E-state index in [1.165, 1.54) is 44.4 Å². The van der Waals surface area contributed by atoms with E-state index in [2.05, 4.69) is 6.92 Å². The molecular weight excluding hydrogens is 1200 g/mol. The van der Waals surface area contributed by atoms with E-state index in [0.717, 1.165) is 17.3 Å². The van der Waals surface area contributed by atoms with E-state index in [-0.39, 0.29) is 71.3 Å². The number of aliphatic hydroxyl groups excluding tert-OH is 4. The molecule has 0 saturated heterocycles. The molecule has 2 radical (unpaired) electrons. The van der Waals surface area contributed by atoms with Gasteiger partial charge in [-0.2, -0.15) is 0 Å². The molecule has 0 spiro atoms. The molecule has 0 heterocycles. The second kappa shape index (κ2) is 23.6. The number of phenols is 2. The normalized spacial score (nSPS) is 25.2. The number of nitrogens with zero attached hydrogens (tertiary/aromatic N) is 4. The van der Waals surface area contributed by atoms with E-state index < -0.39 is 133 Å². The minimum atomic E-state index is -2.74. The number of carbonyl (C=O) groups is 8. The molecule has 2 saturated carbocycles. The van der Waals surface area contributed by atoms with Crippen LogP contribution in [0.3, 0.4) is 0 Å². The van der Waals surface area contributed by atoms with Crippen LogP contribution in [0.15, 0.2) is 75.1 Å². The van der Waals surface area contributed by atoms with Gasteiger partial charge in [0.15, 0.2) is 28.6 Å². The van der Waals surface area contributed by atoms with Crippen molar-refractivity contribution in [2.24, 2.45) is 35.1 Å². The molecule has 440 valence electrons. The van der Waals surface area contributed by atoms with Gasteiger partial charge in [0.1, 0.15) is 45.7 Å². The number of phenolic OH excluding ortho intramolecular Hbond substituents is 2. The van der Waals surface area contributed by atoms with Gasteiger partial charge in [-0.15, -0.1) is 0 Å². The number of hydrogen-bond donors (Lipinski definition) is 10. The third-order valence-corrected chi connectivity index (χ3v) is 17.3. The van der Waals surface area contributed by atoms with Crippen molar-refractivity contribution in [1.29, 1.82) is 0 Å². The summed E-state index contributed by atoms with van der Waals surface area (Å²) in [4.78, 5) is 112. The fourth-order valence-corrected chi connectivity index (χ4v) is 13.5. The first-order valence-corrected chi connectivity index (χ1v) is 29.8. The van der Waals surface area contributed by atoms with Crippen molar-refractivity contribution in [2.75, 3.05) is 66.2 Å². The first-order valence-electron chi connectivity index (χ1n) is 26.7. The molecule has 0 aromatic heterocycles. The Morgan fingerprint density at radius 3 is 1.33 bits per heavy atom. The Morgan fingerprint density at radius 1 is 0.627 bits per heavy atom. The van der Waals surface area contributed by atoms with Gasteiger partial charge < -0.3 is 62.1 Å². The summed E-state index contributed by atoms with van der Waals surface area (Å²) in [6.45, 7) is 5.73. The molecule has 24 heteroatoms. The molecule has 3 aromatic carbocycles. The molecule has 6 aliphatic carbocycles. The van der Waals surface area contributed by atoms with Crippen LogP contribution in [0.4, 0.5) is 11.4 Å². The van der Waals surface area contributed by atoms with Crippen molar-refractivity contribution in [3.63, 3.8) is 0 Å². The Morgan fingerprint density at radius 2 is 0.988 bits per heavy atom. The van der Waals surface area contributed by atoms with Crippen LogP contribution in [-0.2, 0) is 41.6 Å². The van der Waals surface area contributed by atoms with Gasteiger partial charge in [0.2, 0.25) is 16.7 Å². The van der Waals surface area contributed by atoms with E-state index in [0.29, 0.717) is 27.4 Å². The maximum Gasteiger partial charge on any atom is 0.255 e. The maximum absolute atomic E-state index is 14.1. The molecule has 9 rings (SSSR count). The summed E-state index contributed by atoms with van der Waals surface area (Å²) < 4.78 is 1.38. The zero-order valence-electron chi connectivity index (χ0n) is 47.9. The van der Waals surface area contributed by atoms with E-state index in [9.17, 15) is 79.2 Å². The average molecular weight is 1270 g/mol. The van der Waals surface area contributed by atoms with Gasteiger partial charge >= 0.3 is 35.5 Å². The van der Waals surface area contributed by atoms with Crippen molar-refractivity contribution >= 4 is 105 Å². The van der Waals surface area contributed by atoms with Gasteiger partial charge in [-0.05, 0) is 120 Å². The van der Waals surface area contributed by atoms with Gasteiger partial charge in [-0.25, -0.2) is 0 Å². The molecule has 2 fully saturated rings. The van der Waals surface area contributed by atoms with Crippen LogP contribution >= 0.6 is 11.8 Å². The number of carbonyl (C=O) groups excluding carboxylic acids is 8. The third-order valence-electron chi connectivity index (χ3n) is 16.4. The third kappa shape index (κ3) is 10.3. The standard InChI is InChI=1S/C31H33N3O8S.C26H31N3O8.C2H5.In/c1-13-6-8-15(9-7-13)43-30(41)17-12-19(33(2)3)16-10-14-11-18-23(34(4)5)26(37)22(29(32)40)28(39)31(18,42)27(38)20(14)25(36)21(16)24(17)35;1-6-15(30)12-9-14(28(2)3)11-7-10-8-13-19(29(4)5)22(33)18(25(27)36)24(35)26(13,37)23(34)16(10)21(32)17(11)20(12)31;1-2;/h6-9,12,14,18,23,35-36,39,42H,10-11H2,1-5H3,(H2,32,40);9-10,13,19,31-32,35,37H,6-8H2,1-5H3,(H2,27,36);1H2,2H3;/t14?,18?,23-,31-;10?,13?,19-,26-;;/m00../s1. The molecule has 22 nitrogen and oxygen atoms in total. The number of nitrogens with two attached hydrogens (primary N) is 2. The van der Waals surface area contributed by atoms with E-state index >= 15 is 0 Å². The van der Waals surface area contributed by atoms with Crippen LogP contribution in [-0.4, -0.2) is 201 Å². The number of thioether (sulfide) groups is 1. The zero-order valence-corrected chi connectivity index (χ0v) is 52.1. The molecule has 4 unspecified atom stereocenters. The molecule has 0 bridgehead atoms. The topological polar surface area (TPSA) is 363 Å². The molecule has 8 atom stereocenters. The Balaban J connectivity index is 0.000000230. The Hall–Kier alpha value is -6.96. The number of aliphatic hydroxyl groups is 6. The van der Waals surface area contributed by atoms with Crippen LogP contribution in [0, 0.1) is 30.6 Å². The number of anilines is 2. The number of primary amides is 2. The summed E-state index contributed by atoms with van der Waals surface area (Å²) in [6, 6.07) is 8.02. The molecule has 2 amide bonds.